The number of hydrogen-bond acceptors (Lipinski definition) is 4. The summed E-state index contributed by atoms with van der Waals surface area (Å²) in [6, 6.07) is 9.66. The fourth-order valence-electron chi connectivity index (χ4n) is 3.36. The van der Waals surface area contributed by atoms with Gasteiger partial charge in [0.2, 0.25) is 0 Å². The van der Waals surface area contributed by atoms with Gasteiger partial charge in [-0.3, -0.25) is 9.48 Å². The number of anilines is 1. The van der Waals surface area contributed by atoms with Gasteiger partial charge in [-0.25, -0.2) is 0 Å². The number of hydrogen-bond donors (Lipinski definition) is 1. The number of fused-ring (bicyclic) bond motifs is 1. The first-order valence-corrected chi connectivity index (χ1v) is 8.84. The Morgan fingerprint density at radius 2 is 2.08 bits per heavy atom. The monoisotopic (exact) mass is 340 g/mol. The van der Waals surface area contributed by atoms with Crippen LogP contribution >= 0.6 is 0 Å². The van der Waals surface area contributed by atoms with Crippen LogP contribution in [0.2, 0.25) is 0 Å². The summed E-state index contributed by atoms with van der Waals surface area (Å²) < 4.78 is 1.93. The maximum atomic E-state index is 12.9. The molecule has 6 heteroatoms. The highest BCUT2D eigenvalue weighted by Gasteiger charge is 2.33. The molecule has 4 rings (SSSR count). The Labute approximate surface area is 147 Å². The van der Waals surface area contributed by atoms with E-state index in [1.54, 1.807) is 0 Å². The molecule has 0 radical (unpaired) electrons. The van der Waals surface area contributed by atoms with Crippen molar-refractivity contribution in [2.24, 2.45) is 5.92 Å². The average molecular weight is 340 g/mol. The molecule has 1 atom stereocenters. The zero-order valence-corrected chi connectivity index (χ0v) is 14.7. The predicted octanol–water partition coefficient (Wildman–Crippen LogP) is 2.05. The third-order valence-electron chi connectivity index (χ3n) is 5.09. The largest absolute Gasteiger partial charge is 0.386 e. The first-order chi connectivity index (χ1) is 12.0. The molecule has 132 valence electrons. The predicted molar refractivity (Wildman–Crippen MR) is 95.4 cm³/mol. The van der Waals surface area contributed by atoms with Crippen LogP contribution in [-0.2, 0) is 13.1 Å². The lowest BCUT2D eigenvalue weighted by Crippen LogP contribution is -2.38. The van der Waals surface area contributed by atoms with Gasteiger partial charge in [-0.05, 0) is 43.0 Å². The van der Waals surface area contributed by atoms with Gasteiger partial charge in [0, 0.05) is 31.9 Å². The third-order valence-corrected chi connectivity index (χ3v) is 5.09. The van der Waals surface area contributed by atoms with Crippen LogP contribution in [0.1, 0.15) is 40.7 Å². The standard InChI is InChI=1S/C19H24N4O2/c1-21(2)15-5-3-4-14(10-15)19(25)22-8-9-23-16(12-22)11-17(20-23)18(24)13-6-7-13/h3-5,10-11,13,18,24H,6-9,12H2,1-2H3/t18-/m0/s1. The molecule has 1 amide bonds. The van der Waals surface area contributed by atoms with E-state index >= 15 is 0 Å². The SMILES string of the molecule is CN(C)c1cccc(C(=O)N2CCn3nc([C@@H](O)C4CC4)cc3C2)c1. The maximum Gasteiger partial charge on any atom is 0.254 e. The van der Waals surface area contributed by atoms with E-state index < -0.39 is 6.10 Å². The summed E-state index contributed by atoms with van der Waals surface area (Å²) in [5, 5.41) is 14.8. The third kappa shape index (κ3) is 3.14. The lowest BCUT2D eigenvalue weighted by atomic mass is 10.1. The molecule has 1 fully saturated rings. The van der Waals surface area contributed by atoms with Crippen LogP contribution in [0.25, 0.3) is 0 Å². The van der Waals surface area contributed by atoms with Gasteiger partial charge >= 0.3 is 0 Å². The van der Waals surface area contributed by atoms with Gasteiger partial charge < -0.3 is 14.9 Å². The number of rotatable bonds is 4. The normalized spacial score (nSPS) is 18.0. The van der Waals surface area contributed by atoms with E-state index in [0.717, 1.165) is 29.9 Å². The van der Waals surface area contributed by atoms with E-state index in [-0.39, 0.29) is 5.91 Å². The Morgan fingerprint density at radius 1 is 1.28 bits per heavy atom. The van der Waals surface area contributed by atoms with Crippen LogP contribution in [0.4, 0.5) is 5.69 Å². The summed E-state index contributed by atoms with van der Waals surface area (Å²) in [6.07, 6.45) is 1.70. The molecule has 2 aliphatic rings. The molecule has 1 N–H and O–H groups in total. The van der Waals surface area contributed by atoms with Crippen LogP contribution in [0.5, 0.6) is 0 Å². The average Bonchev–Trinajstić information content (AvgIpc) is 3.38. The highest BCUT2D eigenvalue weighted by Crippen LogP contribution is 2.40. The van der Waals surface area contributed by atoms with E-state index in [9.17, 15) is 9.90 Å². The molecule has 6 nitrogen and oxygen atoms in total. The van der Waals surface area contributed by atoms with Crippen molar-refractivity contribution in [3.05, 3.63) is 47.3 Å². The zero-order chi connectivity index (χ0) is 17.6. The van der Waals surface area contributed by atoms with E-state index in [1.807, 2.05) is 58.9 Å². The number of carbonyl (C=O) groups is 1. The van der Waals surface area contributed by atoms with Crippen molar-refractivity contribution in [3.8, 4) is 0 Å². The summed E-state index contributed by atoms with van der Waals surface area (Å²) in [5.74, 6) is 0.406. The van der Waals surface area contributed by atoms with Gasteiger partial charge in [0.15, 0.2) is 0 Å². The number of amides is 1. The van der Waals surface area contributed by atoms with Crippen LogP contribution < -0.4 is 4.90 Å². The molecule has 0 bridgehead atoms. The fourth-order valence-corrected chi connectivity index (χ4v) is 3.36. The summed E-state index contributed by atoms with van der Waals surface area (Å²) >= 11 is 0. The van der Waals surface area contributed by atoms with Crippen molar-refractivity contribution in [2.45, 2.75) is 32.0 Å². The lowest BCUT2D eigenvalue weighted by Gasteiger charge is -2.28. The van der Waals surface area contributed by atoms with Crippen LogP contribution in [0.3, 0.4) is 0 Å². The maximum absolute atomic E-state index is 12.9. The van der Waals surface area contributed by atoms with Gasteiger partial charge in [-0.1, -0.05) is 6.07 Å². The molecule has 1 saturated carbocycles. The molecular formula is C19H24N4O2. The van der Waals surface area contributed by atoms with Gasteiger partial charge in [-0.2, -0.15) is 5.10 Å². The summed E-state index contributed by atoms with van der Waals surface area (Å²) in [7, 11) is 3.94. The Kier molecular flexibility index (Phi) is 4.00. The number of aromatic nitrogens is 2. The summed E-state index contributed by atoms with van der Waals surface area (Å²) in [5.41, 5.74) is 3.47. The molecule has 1 aliphatic heterocycles. The van der Waals surface area contributed by atoms with Crippen LogP contribution in [-0.4, -0.2) is 46.3 Å². The highest BCUT2D eigenvalue weighted by atomic mass is 16.3. The summed E-state index contributed by atoms with van der Waals surface area (Å²) in [6.45, 7) is 1.85. The second-order valence-electron chi connectivity index (χ2n) is 7.24. The van der Waals surface area contributed by atoms with Crippen molar-refractivity contribution < 1.29 is 9.90 Å². The number of aliphatic hydroxyl groups excluding tert-OH is 1. The lowest BCUT2D eigenvalue weighted by molar-refractivity contribution is 0.0705. The molecule has 0 saturated heterocycles. The Morgan fingerprint density at radius 3 is 2.80 bits per heavy atom. The molecule has 1 aromatic heterocycles. The van der Waals surface area contributed by atoms with Gasteiger partial charge in [0.25, 0.3) is 5.91 Å². The van der Waals surface area contributed by atoms with Gasteiger partial charge in [0.05, 0.1) is 24.5 Å². The summed E-state index contributed by atoms with van der Waals surface area (Å²) in [4.78, 5) is 16.7. The number of nitrogens with zero attached hydrogens (tertiary/aromatic N) is 4. The topological polar surface area (TPSA) is 61.6 Å². The molecular weight excluding hydrogens is 316 g/mol. The first-order valence-electron chi connectivity index (χ1n) is 8.84. The number of benzene rings is 1. The van der Waals surface area contributed by atoms with Crippen molar-refractivity contribution in [1.82, 2.24) is 14.7 Å². The van der Waals surface area contributed by atoms with E-state index in [0.29, 0.717) is 31.1 Å². The molecule has 0 unspecified atom stereocenters. The smallest absolute Gasteiger partial charge is 0.254 e. The highest BCUT2D eigenvalue weighted by molar-refractivity contribution is 5.95. The van der Waals surface area contributed by atoms with Crippen molar-refractivity contribution >= 4 is 11.6 Å². The quantitative estimate of drug-likeness (QED) is 0.925. The minimum atomic E-state index is -0.459. The number of carbonyl (C=O) groups excluding carboxylic acids is 1. The first kappa shape index (κ1) is 16.1. The molecule has 2 heterocycles. The van der Waals surface area contributed by atoms with E-state index in [2.05, 4.69) is 5.10 Å². The Hall–Kier alpha value is -2.34. The molecule has 25 heavy (non-hydrogen) atoms. The molecule has 1 aromatic carbocycles. The second-order valence-corrected chi connectivity index (χ2v) is 7.24. The molecule has 0 spiro atoms. The van der Waals surface area contributed by atoms with Crippen LogP contribution in [0.15, 0.2) is 30.3 Å². The van der Waals surface area contributed by atoms with E-state index in [4.69, 9.17) is 0 Å². The van der Waals surface area contributed by atoms with Crippen molar-refractivity contribution in [2.75, 3.05) is 25.5 Å². The van der Waals surface area contributed by atoms with Gasteiger partial charge in [-0.15, -0.1) is 0 Å². The minimum Gasteiger partial charge on any atom is -0.386 e. The fraction of sp³-hybridized carbons (Fsp3) is 0.474. The van der Waals surface area contributed by atoms with Crippen molar-refractivity contribution in [1.29, 1.82) is 0 Å². The molecule has 1 aliphatic carbocycles. The van der Waals surface area contributed by atoms with Crippen LogP contribution in [0, 0.1) is 5.92 Å². The zero-order valence-electron chi connectivity index (χ0n) is 14.7. The second kappa shape index (κ2) is 6.19. The van der Waals surface area contributed by atoms with Gasteiger partial charge in [0.1, 0.15) is 6.10 Å². The minimum absolute atomic E-state index is 0.0421. The Bertz CT molecular complexity index is 794. The van der Waals surface area contributed by atoms with Crippen molar-refractivity contribution in [3.63, 3.8) is 0 Å². The Balaban J connectivity index is 1.51. The van der Waals surface area contributed by atoms with E-state index in [1.165, 1.54) is 0 Å². The molecule has 2 aromatic rings. The number of aliphatic hydroxyl groups is 1.